The third-order valence-corrected chi connectivity index (χ3v) is 13.1. The number of imidazole rings is 2. The maximum atomic E-state index is 12.5. The number of hydrogen-bond donors (Lipinski definition) is 1. The fraction of sp³-hybridized carbons (Fsp3) is 0.464. The second kappa shape index (κ2) is 9.79. The van der Waals surface area contributed by atoms with Crippen LogP contribution in [0, 0.1) is 13.8 Å². The predicted molar refractivity (Wildman–Crippen MR) is 153 cm³/mol. The molecule has 0 aliphatic carbocycles. The Labute approximate surface area is 230 Å². The van der Waals surface area contributed by atoms with Gasteiger partial charge in [0, 0.05) is 19.5 Å². The van der Waals surface area contributed by atoms with Gasteiger partial charge in [-0.05, 0) is 49.7 Å². The van der Waals surface area contributed by atoms with Gasteiger partial charge >= 0.3 is 0 Å². The summed E-state index contributed by atoms with van der Waals surface area (Å²) in [7, 11) is 3.32. The lowest BCUT2D eigenvalue weighted by molar-refractivity contribution is 0.109. The summed E-state index contributed by atoms with van der Waals surface area (Å²) in [4.78, 5) is 13.7. The van der Waals surface area contributed by atoms with Crippen molar-refractivity contribution in [3.8, 4) is 5.88 Å². The topological polar surface area (TPSA) is 87.2 Å². The molecule has 0 atom stereocenters. The van der Waals surface area contributed by atoms with E-state index in [4.69, 9.17) is 25.7 Å². The van der Waals surface area contributed by atoms with Gasteiger partial charge in [0.25, 0.3) is 0 Å². The zero-order valence-corrected chi connectivity index (χ0v) is 25.7. The lowest BCUT2D eigenvalue weighted by atomic mass is 9.86. The summed E-state index contributed by atoms with van der Waals surface area (Å²) >= 11 is 7.05. The SMILES string of the molecule is COc1nc2ccc(C(O)(c3cnc(C)n3C)c3cnc(C)n3C)cc2c(Cl)c1CO[Si](C)(C)C(C)(C)C. The second-order valence-electron chi connectivity index (χ2n) is 11.4. The number of aromatic nitrogens is 5. The molecule has 0 saturated heterocycles. The van der Waals surface area contributed by atoms with E-state index in [1.54, 1.807) is 19.5 Å². The number of aliphatic hydroxyl groups is 1. The van der Waals surface area contributed by atoms with Gasteiger partial charge in [0.05, 0.1) is 53.6 Å². The van der Waals surface area contributed by atoms with Crippen molar-refractivity contribution in [2.75, 3.05) is 7.11 Å². The highest BCUT2D eigenvalue weighted by molar-refractivity contribution is 6.74. The van der Waals surface area contributed by atoms with Crippen LogP contribution >= 0.6 is 11.6 Å². The summed E-state index contributed by atoms with van der Waals surface area (Å²) in [6, 6.07) is 5.61. The summed E-state index contributed by atoms with van der Waals surface area (Å²) in [5.74, 6) is 2.01. The van der Waals surface area contributed by atoms with E-state index in [1.165, 1.54) is 0 Å². The number of ether oxygens (including phenoxy) is 1. The first-order valence-electron chi connectivity index (χ1n) is 12.6. The molecule has 10 heteroatoms. The molecule has 0 saturated carbocycles. The van der Waals surface area contributed by atoms with Crippen LogP contribution < -0.4 is 4.74 Å². The molecular formula is C28H38ClN5O3Si. The highest BCUT2D eigenvalue weighted by Crippen LogP contribution is 2.42. The van der Waals surface area contributed by atoms with Crippen LogP contribution in [0.2, 0.25) is 23.2 Å². The maximum absolute atomic E-state index is 12.5. The number of rotatable bonds is 7. The van der Waals surface area contributed by atoms with E-state index in [2.05, 4.69) is 43.8 Å². The summed E-state index contributed by atoms with van der Waals surface area (Å²) in [6.07, 6.45) is 3.41. The Kier molecular flexibility index (Phi) is 7.29. The van der Waals surface area contributed by atoms with Gasteiger partial charge in [0.15, 0.2) is 13.9 Å². The van der Waals surface area contributed by atoms with E-state index in [0.29, 0.717) is 44.3 Å². The van der Waals surface area contributed by atoms with E-state index < -0.39 is 13.9 Å². The third-order valence-electron chi connectivity index (χ3n) is 8.16. The van der Waals surface area contributed by atoms with Crippen LogP contribution in [0.15, 0.2) is 30.6 Å². The van der Waals surface area contributed by atoms with Crippen LogP contribution in [0.3, 0.4) is 0 Å². The molecule has 0 amide bonds. The van der Waals surface area contributed by atoms with Gasteiger partial charge in [-0.1, -0.05) is 38.4 Å². The number of fused-ring (bicyclic) bond motifs is 1. The minimum atomic E-state index is -2.05. The number of aryl methyl sites for hydroxylation is 2. The van der Waals surface area contributed by atoms with E-state index in [-0.39, 0.29) is 11.6 Å². The summed E-state index contributed by atoms with van der Waals surface area (Å²) in [6.45, 7) is 15.1. The fourth-order valence-electron chi connectivity index (χ4n) is 4.33. The standard InChI is InChI=1S/C28H38ClN5O3Si/c1-17-30-14-23(33(17)6)28(35,24-15-31-18(2)34(24)7)19-11-12-22-20(13-19)25(29)21(26(32-22)36-8)16-37-38(9,10)27(3,4)5/h11-15,35H,16H2,1-10H3. The van der Waals surface area contributed by atoms with Crippen molar-refractivity contribution in [2.24, 2.45) is 14.1 Å². The number of halogens is 1. The molecule has 4 rings (SSSR count). The average Bonchev–Trinajstić information content (AvgIpc) is 3.37. The molecule has 3 aromatic heterocycles. The molecule has 1 aromatic carbocycles. The lowest BCUT2D eigenvalue weighted by Crippen LogP contribution is -2.40. The summed E-state index contributed by atoms with van der Waals surface area (Å²) < 4.78 is 15.9. The monoisotopic (exact) mass is 555 g/mol. The van der Waals surface area contributed by atoms with Crippen molar-refractivity contribution in [2.45, 2.75) is 65.0 Å². The highest BCUT2D eigenvalue weighted by Gasteiger charge is 2.41. The van der Waals surface area contributed by atoms with Crippen LogP contribution in [-0.4, -0.2) is 44.6 Å². The second-order valence-corrected chi connectivity index (χ2v) is 16.6. The number of pyridine rings is 1. The van der Waals surface area contributed by atoms with Crippen molar-refractivity contribution in [3.05, 3.63) is 69.8 Å². The van der Waals surface area contributed by atoms with Crippen molar-refractivity contribution >= 4 is 30.8 Å². The molecule has 4 aromatic rings. The Morgan fingerprint density at radius 1 is 1.00 bits per heavy atom. The van der Waals surface area contributed by atoms with Gasteiger partial charge < -0.3 is 23.4 Å². The molecule has 204 valence electrons. The molecule has 0 radical (unpaired) electrons. The van der Waals surface area contributed by atoms with Crippen molar-refractivity contribution in [1.82, 2.24) is 24.1 Å². The zero-order chi connectivity index (χ0) is 28.2. The Bertz CT molecular complexity index is 1460. The van der Waals surface area contributed by atoms with Gasteiger partial charge in [-0.15, -0.1) is 0 Å². The normalized spacial score (nSPS) is 12.9. The van der Waals surface area contributed by atoms with Gasteiger partial charge in [-0.25, -0.2) is 15.0 Å². The van der Waals surface area contributed by atoms with E-state index >= 15 is 0 Å². The third kappa shape index (κ3) is 4.55. The molecule has 0 bridgehead atoms. The predicted octanol–water partition coefficient (Wildman–Crippen LogP) is 5.79. The molecule has 0 fully saturated rings. The van der Waals surface area contributed by atoms with E-state index in [9.17, 15) is 5.11 Å². The van der Waals surface area contributed by atoms with Crippen LogP contribution in [0.1, 0.15) is 54.9 Å². The largest absolute Gasteiger partial charge is 0.481 e. The van der Waals surface area contributed by atoms with Crippen molar-refractivity contribution in [1.29, 1.82) is 0 Å². The maximum Gasteiger partial charge on any atom is 0.220 e. The van der Waals surface area contributed by atoms with Crippen LogP contribution in [0.25, 0.3) is 10.9 Å². The van der Waals surface area contributed by atoms with E-state index in [1.807, 2.05) is 55.3 Å². The van der Waals surface area contributed by atoms with Gasteiger partial charge in [0.2, 0.25) is 5.88 Å². The molecule has 3 heterocycles. The first-order valence-corrected chi connectivity index (χ1v) is 15.9. The first-order chi connectivity index (χ1) is 17.6. The van der Waals surface area contributed by atoms with Crippen LogP contribution in [-0.2, 0) is 30.7 Å². The molecule has 8 nitrogen and oxygen atoms in total. The van der Waals surface area contributed by atoms with Gasteiger partial charge in [0.1, 0.15) is 11.6 Å². The fourth-order valence-corrected chi connectivity index (χ4v) is 5.56. The summed E-state index contributed by atoms with van der Waals surface area (Å²) in [5.41, 5.74) is 1.69. The minimum absolute atomic E-state index is 0.0448. The molecule has 0 spiro atoms. The molecule has 1 N–H and O–H groups in total. The molecule has 38 heavy (non-hydrogen) atoms. The van der Waals surface area contributed by atoms with Crippen LogP contribution in [0.4, 0.5) is 0 Å². The smallest absolute Gasteiger partial charge is 0.220 e. The van der Waals surface area contributed by atoms with Gasteiger partial charge in [-0.3, -0.25) is 0 Å². The van der Waals surface area contributed by atoms with Gasteiger partial charge in [-0.2, -0.15) is 0 Å². The number of hydrogen-bond acceptors (Lipinski definition) is 6. The van der Waals surface area contributed by atoms with Crippen molar-refractivity contribution < 1.29 is 14.3 Å². The van der Waals surface area contributed by atoms with E-state index in [0.717, 1.165) is 11.6 Å². The number of methoxy groups -OCH3 is 1. The minimum Gasteiger partial charge on any atom is -0.481 e. The van der Waals surface area contributed by atoms with Crippen LogP contribution in [0.5, 0.6) is 5.88 Å². The summed E-state index contributed by atoms with van der Waals surface area (Å²) in [5, 5.41) is 13.8. The quantitative estimate of drug-likeness (QED) is 0.291. The average molecular weight is 556 g/mol. The Morgan fingerprint density at radius 3 is 2.00 bits per heavy atom. The Hall–Kier alpha value is -2.72. The molecular weight excluding hydrogens is 518 g/mol. The number of benzene rings is 1. The molecule has 0 aliphatic heterocycles. The zero-order valence-electron chi connectivity index (χ0n) is 24.0. The Morgan fingerprint density at radius 2 is 1.55 bits per heavy atom. The molecule has 0 unspecified atom stereocenters. The van der Waals surface area contributed by atoms with Crippen molar-refractivity contribution in [3.63, 3.8) is 0 Å². The number of nitrogens with zero attached hydrogens (tertiary/aromatic N) is 5. The highest BCUT2D eigenvalue weighted by atomic mass is 35.5. The molecule has 0 aliphatic rings. The Balaban J connectivity index is 1.92. The first kappa shape index (κ1) is 28.3. The lowest BCUT2D eigenvalue weighted by Gasteiger charge is -2.36.